The first-order valence-corrected chi connectivity index (χ1v) is 10.8. The quantitative estimate of drug-likeness (QED) is 0.597. The number of hydrogen-bond donors (Lipinski definition) is 1. The van der Waals surface area contributed by atoms with Gasteiger partial charge in [-0.15, -0.1) is 0 Å². The molecule has 1 N–H and O–H groups in total. The zero-order valence-electron chi connectivity index (χ0n) is 17.6. The van der Waals surface area contributed by atoms with Gasteiger partial charge in [-0.25, -0.2) is 4.98 Å². The molecule has 0 amide bonds. The number of pyridine rings is 1. The molecule has 4 rings (SSSR count). The van der Waals surface area contributed by atoms with Crippen molar-refractivity contribution in [1.29, 1.82) is 0 Å². The Hall–Kier alpha value is -2.26. The number of nitrogens with zero attached hydrogens (tertiary/aromatic N) is 1. The van der Waals surface area contributed by atoms with Crippen LogP contribution in [-0.2, 0) is 0 Å². The fraction of sp³-hybridized carbons (Fsp3) is 0.400. The van der Waals surface area contributed by atoms with Crippen molar-refractivity contribution in [2.24, 2.45) is 17.8 Å². The topological polar surface area (TPSA) is 34.1 Å². The van der Waals surface area contributed by atoms with Crippen LogP contribution in [0.5, 0.6) is 5.75 Å². The van der Waals surface area contributed by atoms with Gasteiger partial charge in [0, 0.05) is 22.8 Å². The third-order valence-corrected chi connectivity index (χ3v) is 6.59. The predicted molar refractivity (Wildman–Crippen MR) is 122 cm³/mol. The molecule has 0 spiro atoms. The van der Waals surface area contributed by atoms with Gasteiger partial charge in [-0.2, -0.15) is 0 Å². The van der Waals surface area contributed by atoms with Gasteiger partial charge in [0.1, 0.15) is 11.6 Å². The molecule has 3 nitrogen and oxygen atoms in total. The zero-order chi connectivity index (χ0) is 20.5. The number of hydrogen-bond acceptors (Lipinski definition) is 3. The van der Waals surface area contributed by atoms with Crippen LogP contribution in [0.4, 0.5) is 5.82 Å². The molecule has 2 aliphatic rings. The lowest BCUT2D eigenvalue weighted by molar-refractivity contribution is 0.411. The van der Waals surface area contributed by atoms with Crippen LogP contribution in [0.25, 0.3) is 11.1 Å². The fourth-order valence-electron chi connectivity index (χ4n) is 4.15. The first-order valence-electron chi connectivity index (χ1n) is 10.5. The summed E-state index contributed by atoms with van der Waals surface area (Å²) in [6.07, 6.45) is 8.71. The van der Waals surface area contributed by atoms with E-state index in [0.717, 1.165) is 34.5 Å². The smallest absolute Gasteiger partial charge is 0.126 e. The number of halogens is 1. The van der Waals surface area contributed by atoms with Crippen LogP contribution in [0.2, 0.25) is 5.02 Å². The van der Waals surface area contributed by atoms with Gasteiger partial charge in [0.05, 0.1) is 7.11 Å². The average molecular weight is 409 g/mol. The molecule has 0 bridgehead atoms. The number of anilines is 1. The number of allylic oxidation sites excluding steroid dienone is 4. The molecule has 1 aromatic heterocycles. The van der Waals surface area contributed by atoms with E-state index in [-0.39, 0.29) is 0 Å². The van der Waals surface area contributed by atoms with E-state index in [1.54, 1.807) is 7.11 Å². The summed E-state index contributed by atoms with van der Waals surface area (Å²) in [4.78, 5) is 4.55. The van der Waals surface area contributed by atoms with Crippen molar-refractivity contribution in [3.63, 3.8) is 0 Å². The van der Waals surface area contributed by atoms with Gasteiger partial charge < -0.3 is 10.1 Å². The van der Waals surface area contributed by atoms with Crippen LogP contribution < -0.4 is 10.1 Å². The summed E-state index contributed by atoms with van der Waals surface area (Å²) < 4.78 is 5.72. The number of ether oxygens (including phenoxy) is 1. The maximum Gasteiger partial charge on any atom is 0.126 e. The number of methoxy groups -OCH3 is 1. The summed E-state index contributed by atoms with van der Waals surface area (Å²) in [6, 6.07) is 10.7. The Balaban J connectivity index is 1.86. The van der Waals surface area contributed by atoms with Gasteiger partial charge in [0.25, 0.3) is 0 Å². The molecular formula is C25H29ClN2O. The lowest BCUT2D eigenvalue weighted by Gasteiger charge is -2.25. The third kappa shape index (κ3) is 4.20. The van der Waals surface area contributed by atoms with Crippen LogP contribution in [0.3, 0.4) is 0 Å². The Morgan fingerprint density at radius 2 is 1.90 bits per heavy atom. The minimum Gasteiger partial charge on any atom is -0.496 e. The third-order valence-electron chi connectivity index (χ3n) is 6.36. The number of rotatable bonds is 5. The molecule has 0 radical (unpaired) electrons. The number of benzene rings is 1. The maximum atomic E-state index is 6.40. The number of nitrogens with one attached hydrogen (secondary N) is 1. The molecule has 2 aromatic rings. The summed E-state index contributed by atoms with van der Waals surface area (Å²) in [5, 5.41) is 4.29. The molecule has 4 atom stereocenters. The maximum absolute atomic E-state index is 6.40. The molecule has 1 fully saturated rings. The molecule has 1 aromatic carbocycles. The second-order valence-electron chi connectivity index (χ2n) is 8.47. The van der Waals surface area contributed by atoms with Crippen molar-refractivity contribution >= 4 is 28.6 Å². The lowest BCUT2D eigenvalue weighted by atomic mass is 9.81. The Bertz CT molecular complexity index is 965. The highest BCUT2D eigenvalue weighted by Gasteiger charge is 2.32. The van der Waals surface area contributed by atoms with Gasteiger partial charge in [-0.1, -0.05) is 44.5 Å². The summed E-state index contributed by atoms with van der Waals surface area (Å²) in [6.45, 7) is 6.88. The highest BCUT2D eigenvalue weighted by atomic mass is 35.5. The van der Waals surface area contributed by atoms with Crippen LogP contribution in [0.1, 0.15) is 44.7 Å². The summed E-state index contributed by atoms with van der Waals surface area (Å²) in [5.41, 5.74) is 4.74. The van der Waals surface area contributed by atoms with Crippen molar-refractivity contribution in [3.8, 4) is 5.75 Å². The first-order chi connectivity index (χ1) is 14.0. The van der Waals surface area contributed by atoms with Gasteiger partial charge in [0.15, 0.2) is 0 Å². The molecule has 1 saturated carbocycles. The van der Waals surface area contributed by atoms with E-state index in [1.165, 1.54) is 23.1 Å². The fourth-order valence-corrected chi connectivity index (χ4v) is 4.32. The minimum absolute atomic E-state index is 0.361. The molecular weight excluding hydrogens is 380 g/mol. The average Bonchev–Trinajstić information content (AvgIpc) is 3.43. The van der Waals surface area contributed by atoms with Crippen LogP contribution in [0.15, 0.2) is 48.7 Å². The largest absolute Gasteiger partial charge is 0.496 e. The van der Waals surface area contributed by atoms with Gasteiger partial charge in [0.2, 0.25) is 0 Å². The molecule has 4 heteroatoms. The Kier molecular flexibility index (Phi) is 5.69. The summed E-state index contributed by atoms with van der Waals surface area (Å²) in [5.74, 6) is 3.41. The van der Waals surface area contributed by atoms with E-state index < -0.39 is 0 Å². The zero-order valence-corrected chi connectivity index (χ0v) is 18.3. The second-order valence-corrected chi connectivity index (χ2v) is 8.91. The molecule has 1 heterocycles. The van der Waals surface area contributed by atoms with Crippen molar-refractivity contribution in [3.05, 3.63) is 64.8 Å². The van der Waals surface area contributed by atoms with Crippen LogP contribution in [-0.4, -0.2) is 18.1 Å². The highest BCUT2D eigenvalue weighted by Crippen LogP contribution is 2.44. The molecule has 29 heavy (non-hydrogen) atoms. The van der Waals surface area contributed by atoms with E-state index in [9.17, 15) is 0 Å². The Morgan fingerprint density at radius 1 is 1.10 bits per heavy atom. The molecule has 0 saturated heterocycles. The monoisotopic (exact) mass is 408 g/mol. The summed E-state index contributed by atoms with van der Waals surface area (Å²) >= 11 is 6.40. The SMILES string of the molecule is COc1ccc(Cl)cc1C1=C(c2ccnc(NC3C[C@@H]3C)c2)C=CCC(C)C1C. The van der Waals surface area contributed by atoms with E-state index in [0.29, 0.717) is 17.9 Å². The standard InChI is InChI=1S/C25H29ClN2O/c1-15-6-5-7-20(18-10-11-27-24(13-18)28-22-12-16(22)2)25(17(15)3)21-14-19(26)8-9-23(21)29-4/h5,7-11,13-17,22H,6,12H2,1-4H3,(H,27,28)/t15?,16-,17?,22?/m0/s1. The van der Waals surface area contributed by atoms with E-state index >= 15 is 0 Å². The predicted octanol–water partition coefficient (Wildman–Crippen LogP) is 6.71. The van der Waals surface area contributed by atoms with Gasteiger partial charge in [-0.05, 0) is 77.6 Å². The van der Waals surface area contributed by atoms with Gasteiger partial charge in [-0.3, -0.25) is 0 Å². The lowest BCUT2D eigenvalue weighted by Crippen LogP contribution is -2.11. The van der Waals surface area contributed by atoms with Crippen LogP contribution >= 0.6 is 11.6 Å². The minimum atomic E-state index is 0.361. The van der Waals surface area contributed by atoms with Crippen molar-refractivity contribution in [2.45, 2.75) is 39.7 Å². The first kappa shape index (κ1) is 20.0. The second kappa shape index (κ2) is 8.23. The van der Waals surface area contributed by atoms with E-state index in [1.807, 2.05) is 24.4 Å². The normalized spacial score (nSPS) is 26.2. The highest BCUT2D eigenvalue weighted by molar-refractivity contribution is 6.30. The molecule has 0 aliphatic heterocycles. The Labute approximate surface area is 178 Å². The van der Waals surface area contributed by atoms with Crippen molar-refractivity contribution in [1.82, 2.24) is 4.98 Å². The molecule has 3 unspecified atom stereocenters. The molecule has 152 valence electrons. The Morgan fingerprint density at radius 3 is 2.62 bits per heavy atom. The van der Waals surface area contributed by atoms with Crippen molar-refractivity contribution < 1.29 is 4.74 Å². The molecule has 2 aliphatic carbocycles. The summed E-state index contributed by atoms with van der Waals surface area (Å²) in [7, 11) is 1.72. The number of aromatic nitrogens is 1. The van der Waals surface area contributed by atoms with Crippen LogP contribution in [0, 0.1) is 17.8 Å². The van der Waals surface area contributed by atoms with Crippen molar-refractivity contribution in [2.75, 3.05) is 12.4 Å². The van der Waals surface area contributed by atoms with E-state index in [2.05, 4.69) is 55.4 Å². The van der Waals surface area contributed by atoms with Gasteiger partial charge >= 0.3 is 0 Å². The van der Waals surface area contributed by atoms with E-state index in [4.69, 9.17) is 16.3 Å².